The fourth-order valence-corrected chi connectivity index (χ4v) is 3.51. The zero-order valence-electron chi connectivity index (χ0n) is 13.8. The number of carbonyl (C=O) groups is 1. The van der Waals surface area contributed by atoms with Gasteiger partial charge in [-0.15, -0.1) is 0 Å². The second-order valence-corrected chi connectivity index (χ2v) is 7.48. The molecule has 0 atom stereocenters. The standard InChI is InChI=1S/C17H23N5OS/c1-17(6-8-18-9-7-17)11-19-15(23)14-4-2-13(3-5-14)10-24-16-20-12-21-22-16/h2-5,12,18H,6-11H2,1H3,(H,19,23)(H,20,21,22). The van der Waals surface area contributed by atoms with Crippen molar-refractivity contribution in [2.75, 3.05) is 19.6 Å². The lowest BCUT2D eigenvalue weighted by atomic mass is 9.81. The number of thioether (sulfide) groups is 1. The molecule has 1 aromatic carbocycles. The molecular weight excluding hydrogens is 322 g/mol. The van der Waals surface area contributed by atoms with Crippen molar-refractivity contribution in [2.24, 2.45) is 5.41 Å². The lowest BCUT2D eigenvalue weighted by molar-refractivity contribution is 0.0922. The van der Waals surface area contributed by atoms with E-state index in [1.165, 1.54) is 6.33 Å². The number of aromatic nitrogens is 3. The minimum Gasteiger partial charge on any atom is -0.351 e. The van der Waals surface area contributed by atoms with Gasteiger partial charge in [0.2, 0.25) is 0 Å². The smallest absolute Gasteiger partial charge is 0.251 e. The van der Waals surface area contributed by atoms with Crippen molar-refractivity contribution in [1.29, 1.82) is 0 Å². The number of benzene rings is 1. The van der Waals surface area contributed by atoms with E-state index in [1.807, 2.05) is 24.3 Å². The summed E-state index contributed by atoms with van der Waals surface area (Å²) in [4.78, 5) is 16.4. The van der Waals surface area contributed by atoms with Crippen molar-refractivity contribution in [2.45, 2.75) is 30.7 Å². The van der Waals surface area contributed by atoms with Gasteiger partial charge in [-0.3, -0.25) is 9.89 Å². The molecule has 2 heterocycles. The Balaban J connectivity index is 1.50. The number of hydrogen-bond donors (Lipinski definition) is 3. The second kappa shape index (κ2) is 7.81. The van der Waals surface area contributed by atoms with Gasteiger partial charge in [-0.25, -0.2) is 4.98 Å². The fraction of sp³-hybridized carbons (Fsp3) is 0.471. The maximum atomic E-state index is 12.3. The van der Waals surface area contributed by atoms with Gasteiger partial charge in [0.1, 0.15) is 6.33 Å². The highest BCUT2D eigenvalue weighted by Crippen LogP contribution is 2.26. The van der Waals surface area contributed by atoms with Crippen LogP contribution in [0.25, 0.3) is 0 Å². The molecule has 2 aromatic rings. The highest BCUT2D eigenvalue weighted by Gasteiger charge is 2.27. The molecule has 0 unspecified atom stereocenters. The summed E-state index contributed by atoms with van der Waals surface area (Å²) in [6, 6.07) is 7.75. The summed E-state index contributed by atoms with van der Waals surface area (Å²) in [5, 5.41) is 13.9. The molecule has 24 heavy (non-hydrogen) atoms. The molecule has 0 bridgehead atoms. The maximum absolute atomic E-state index is 12.3. The van der Waals surface area contributed by atoms with Crippen molar-refractivity contribution in [3.63, 3.8) is 0 Å². The Kier molecular flexibility index (Phi) is 5.52. The summed E-state index contributed by atoms with van der Waals surface area (Å²) >= 11 is 1.59. The third-order valence-electron chi connectivity index (χ3n) is 4.47. The number of carbonyl (C=O) groups excluding carboxylic acids is 1. The van der Waals surface area contributed by atoms with Crippen molar-refractivity contribution in [3.05, 3.63) is 41.7 Å². The normalized spacial score (nSPS) is 16.7. The molecule has 0 saturated carbocycles. The van der Waals surface area contributed by atoms with E-state index in [1.54, 1.807) is 11.8 Å². The Morgan fingerprint density at radius 1 is 1.29 bits per heavy atom. The molecule has 1 aromatic heterocycles. The van der Waals surface area contributed by atoms with Gasteiger partial charge in [0, 0.05) is 17.9 Å². The monoisotopic (exact) mass is 345 g/mol. The molecule has 3 rings (SSSR count). The Hall–Kier alpha value is -1.86. The summed E-state index contributed by atoms with van der Waals surface area (Å²) in [5.74, 6) is 0.798. The summed E-state index contributed by atoms with van der Waals surface area (Å²) < 4.78 is 0. The largest absolute Gasteiger partial charge is 0.351 e. The molecule has 7 heteroatoms. The van der Waals surface area contributed by atoms with Gasteiger partial charge in [-0.05, 0) is 49.0 Å². The lowest BCUT2D eigenvalue weighted by Crippen LogP contribution is -2.42. The quantitative estimate of drug-likeness (QED) is 0.699. The van der Waals surface area contributed by atoms with E-state index >= 15 is 0 Å². The summed E-state index contributed by atoms with van der Waals surface area (Å²) in [6.07, 6.45) is 3.70. The first kappa shape index (κ1) is 17.0. The molecule has 1 saturated heterocycles. The third kappa shape index (κ3) is 4.58. The molecule has 0 aliphatic carbocycles. The van der Waals surface area contributed by atoms with E-state index in [-0.39, 0.29) is 11.3 Å². The van der Waals surface area contributed by atoms with Crippen LogP contribution in [0.15, 0.2) is 35.7 Å². The highest BCUT2D eigenvalue weighted by molar-refractivity contribution is 7.98. The van der Waals surface area contributed by atoms with E-state index < -0.39 is 0 Å². The number of aromatic amines is 1. The van der Waals surface area contributed by atoms with E-state index in [0.717, 1.165) is 48.9 Å². The number of nitrogens with zero attached hydrogens (tertiary/aromatic N) is 2. The Morgan fingerprint density at radius 3 is 2.71 bits per heavy atom. The summed E-state index contributed by atoms with van der Waals surface area (Å²) in [7, 11) is 0. The third-order valence-corrected chi connectivity index (χ3v) is 5.42. The summed E-state index contributed by atoms with van der Waals surface area (Å²) in [6.45, 7) is 5.04. The molecule has 1 fully saturated rings. The first-order valence-corrected chi connectivity index (χ1v) is 9.19. The van der Waals surface area contributed by atoms with Gasteiger partial charge in [0.25, 0.3) is 5.91 Å². The molecule has 1 aliphatic rings. The fourth-order valence-electron chi connectivity index (χ4n) is 2.77. The first-order chi connectivity index (χ1) is 11.6. The zero-order valence-corrected chi connectivity index (χ0v) is 14.7. The minimum atomic E-state index is 0.00388. The van der Waals surface area contributed by atoms with E-state index in [2.05, 4.69) is 32.7 Å². The predicted molar refractivity (Wildman–Crippen MR) is 94.9 cm³/mol. The Labute approximate surface area is 146 Å². The van der Waals surface area contributed by atoms with Crippen LogP contribution in [0.1, 0.15) is 35.7 Å². The molecule has 0 radical (unpaired) electrons. The number of H-pyrrole nitrogens is 1. The molecule has 128 valence electrons. The average molecular weight is 345 g/mol. The van der Waals surface area contributed by atoms with Crippen LogP contribution in [-0.2, 0) is 5.75 Å². The van der Waals surface area contributed by atoms with Gasteiger partial charge >= 0.3 is 0 Å². The van der Waals surface area contributed by atoms with Crippen LogP contribution in [-0.4, -0.2) is 40.7 Å². The van der Waals surface area contributed by atoms with Crippen LogP contribution in [0.5, 0.6) is 0 Å². The van der Waals surface area contributed by atoms with Gasteiger partial charge in [-0.1, -0.05) is 30.8 Å². The highest BCUT2D eigenvalue weighted by atomic mass is 32.2. The number of piperidine rings is 1. The molecule has 3 N–H and O–H groups in total. The molecule has 0 spiro atoms. The van der Waals surface area contributed by atoms with Crippen LogP contribution in [0, 0.1) is 5.41 Å². The average Bonchev–Trinajstić information content (AvgIpc) is 3.13. The predicted octanol–water partition coefficient (Wildman–Crippen LogP) is 2.22. The van der Waals surface area contributed by atoms with Crippen LogP contribution in [0.2, 0.25) is 0 Å². The SMILES string of the molecule is CC1(CNC(=O)c2ccc(CSc3ncn[nH]3)cc2)CCNCC1. The number of nitrogens with one attached hydrogen (secondary N) is 3. The zero-order chi connectivity index (χ0) is 16.8. The van der Waals surface area contributed by atoms with Crippen LogP contribution in [0.3, 0.4) is 0 Å². The Bertz CT molecular complexity index is 650. The van der Waals surface area contributed by atoms with Gasteiger partial charge in [0.15, 0.2) is 5.16 Å². The van der Waals surface area contributed by atoms with Crippen molar-refractivity contribution in [1.82, 2.24) is 25.8 Å². The van der Waals surface area contributed by atoms with E-state index in [4.69, 9.17) is 0 Å². The Morgan fingerprint density at radius 2 is 2.04 bits per heavy atom. The van der Waals surface area contributed by atoms with Gasteiger partial charge in [0.05, 0.1) is 0 Å². The van der Waals surface area contributed by atoms with Crippen LogP contribution >= 0.6 is 11.8 Å². The second-order valence-electron chi connectivity index (χ2n) is 6.52. The van der Waals surface area contributed by atoms with Crippen molar-refractivity contribution in [3.8, 4) is 0 Å². The van der Waals surface area contributed by atoms with E-state index in [0.29, 0.717) is 5.56 Å². The summed E-state index contributed by atoms with van der Waals surface area (Å²) in [5.41, 5.74) is 2.06. The van der Waals surface area contributed by atoms with Crippen molar-refractivity contribution >= 4 is 17.7 Å². The van der Waals surface area contributed by atoms with E-state index in [9.17, 15) is 4.79 Å². The number of hydrogen-bond acceptors (Lipinski definition) is 5. The van der Waals surface area contributed by atoms with Gasteiger partial charge < -0.3 is 10.6 Å². The minimum absolute atomic E-state index is 0.00388. The lowest BCUT2D eigenvalue weighted by Gasteiger charge is -2.34. The van der Waals surface area contributed by atoms with Crippen LogP contribution < -0.4 is 10.6 Å². The molecule has 6 nitrogen and oxygen atoms in total. The number of rotatable bonds is 6. The van der Waals surface area contributed by atoms with Crippen LogP contribution in [0.4, 0.5) is 0 Å². The first-order valence-electron chi connectivity index (χ1n) is 8.21. The topological polar surface area (TPSA) is 82.7 Å². The van der Waals surface area contributed by atoms with Crippen molar-refractivity contribution < 1.29 is 4.79 Å². The molecule has 1 amide bonds. The maximum Gasteiger partial charge on any atom is 0.251 e. The van der Waals surface area contributed by atoms with Gasteiger partial charge in [-0.2, -0.15) is 5.10 Å². The number of amides is 1. The molecule has 1 aliphatic heterocycles. The molecular formula is C17H23N5OS.